The molecule has 0 unspecified atom stereocenters. The van der Waals surface area contributed by atoms with Crippen LogP contribution in [0.15, 0.2) is 22.6 Å². The number of rotatable bonds is 6. The summed E-state index contributed by atoms with van der Waals surface area (Å²) in [6.07, 6.45) is 2.11. The first-order valence-corrected chi connectivity index (χ1v) is 7.68. The molecular weight excluding hydrogens is 312 g/mol. The molecule has 1 aliphatic rings. The monoisotopic (exact) mass is 330 g/mol. The van der Waals surface area contributed by atoms with E-state index >= 15 is 0 Å². The van der Waals surface area contributed by atoms with Crippen molar-refractivity contribution in [2.75, 3.05) is 11.9 Å². The fourth-order valence-corrected chi connectivity index (χ4v) is 2.32. The number of carbonyl (C=O) groups is 2. The zero-order chi connectivity index (χ0) is 17.3. The van der Waals surface area contributed by atoms with Crippen LogP contribution >= 0.6 is 0 Å². The Bertz CT molecular complexity index is 792. The van der Waals surface area contributed by atoms with Gasteiger partial charge in [0.25, 0.3) is 5.91 Å². The standard InChI is InChI=1S/C17H18N2O5/c1-9-7-12(23-8-14(20)21)5-6-13(9)19-16(22)15-10(2)18-17(24-15)11-3-4-11/h5-7,11H,3-4,8H2,1-2H3,(H,19,22)(H,20,21). The Morgan fingerprint density at radius 2 is 2.12 bits per heavy atom. The van der Waals surface area contributed by atoms with Gasteiger partial charge in [0.05, 0.1) is 5.69 Å². The van der Waals surface area contributed by atoms with Gasteiger partial charge in [0, 0.05) is 11.6 Å². The van der Waals surface area contributed by atoms with Gasteiger partial charge in [0.15, 0.2) is 12.5 Å². The molecule has 24 heavy (non-hydrogen) atoms. The van der Waals surface area contributed by atoms with Gasteiger partial charge >= 0.3 is 5.97 Å². The van der Waals surface area contributed by atoms with Crippen molar-refractivity contribution >= 4 is 17.6 Å². The molecule has 1 fully saturated rings. The smallest absolute Gasteiger partial charge is 0.341 e. The molecular formula is C17H18N2O5. The molecule has 0 atom stereocenters. The van der Waals surface area contributed by atoms with Crippen LogP contribution in [0.3, 0.4) is 0 Å². The van der Waals surface area contributed by atoms with Crippen molar-refractivity contribution < 1.29 is 23.8 Å². The summed E-state index contributed by atoms with van der Waals surface area (Å²) in [4.78, 5) is 27.2. The molecule has 1 aliphatic carbocycles. The van der Waals surface area contributed by atoms with E-state index in [1.807, 2.05) is 0 Å². The number of ether oxygens (including phenoxy) is 1. The van der Waals surface area contributed by atoms with Crippen LogP contribution < -0.4 is 10.1 Å². The van der Waals surface area contributed by atoms with E-state index in [0.717, 1.165) is 18.4 Å². The lowest BCUT2D eigenvalue weighted by Crippen LogP contribution is -2.13. The van der Waals surface area contributed by atoms with E-state index in [2.05, 4.69) is 10.3 Å². The number of amides is 1. The number of hydrogen-bond acceptors (Lipinski definition) is 5. The topological polar surface area (TPSA) is 102 Å². The molecule has 0 radical (unpaired) electrons. The number of carboxylic acids is 1. The van der Waals surface area contributed by atoms with Gasteiger partial charge in [-0.2, -0.15) is 0 Å². The minimum Gasteiger partial charge on any atom is -0.482 e. The summed E-state index contributed by atoms with van der Waals surface area (Å²) in [7, 11) is 0. The Morgan fingerprint density at radius 1 is 1.38 bits per heavy atom. The normalized spacial score (nSPS) is 13.6. The van der Waals surface area contributed by atoms with Gasteiger partial charge in [0.2, 0.25) is 5.76 Å². The SMILES string of the molecule is Cc1cc(OCC(=O)O)ccc1NC(=O)c1oc(C2CC2)nc1C. The fraction of sp³-hybridized carbons (Fsp3) is 0.353. The number of carbonyl (C=O) groups excluding carboxylic acids is 1. The largest absolute Gasteiger partial charge is 0.482 e. The number of aliphatic carboxylic acids is 1. The predicted octanol–water partition coefficient (Wildman–Crippen LogP) is 2.88. The number of nitrogens with one attached hydrogen (secondary N) is 1. The average Bonchev–Trinajstić information content (AvgIpc) is 3.30. The van der Waals surface area contributed by atoms with Crippen LogP contribution in [-0.2, 0) is 4.79 Å². The molecule has 1 aromatic heterocycles. The number of nitrogens with zero attached hydrogens (tertiary/aromatic N) is 1. The molecule has 0 saturated heterocycles. The highest BCUT2D eigenvalue weighted by molar-refractivity contribution is 6.03. The molecule has 2 N–H and O–H groups in total. The van der Waals surface area contributed by atoms with Gasteiger partial charge in [0.1, 0.15) is 5.75 Å². The van der Waals surface area contributed by atoms with Crippen molar-refractivity contribution in [2.45, 2.75) is 32.6 Å². The Morgan fingerprint density at radius 3 is 2.75 bits per heavy atom. The highest BCUT2D eigenvalue weighted by Gasteiger charge is 2.31. The number of aromatic nitrogens is 1. The van der Waals surface area contributed by atoms with Crippen LogP contribution in [0, 0.1) is 13.8 Å². The lowest BCUT2D eigenvalue weighted by molar-refractivity contribution is -0.139. The van der Waals surface area contributed by atoms with E-state index in [9.17, 15) is 9.59 Å². The van der Waals surface area contributed by atoms with E-state index in [1.54, 1.807) is 32.0 Å². The van der Waals surface area contributed by atoms with E-state index in [1.165, 1.54) is 0 Å². The predicted molar refractivity (Wildman–Crippen MR) is 85.5 cm³/mol. The number of anilines is 1. The molecule has 0 aliphatic heterocycles. The molecule has 1 saturated carbocycles. The van der Waals surface area contributed by atoms with Gasteiger partial charge in [-0.1, -0.05) is 0 Å². The van der Waals surface area contributed by atoms with Crippen molar-refractivity contribution in [3.63, 3.8) is 0 Å². The summed E-state index contributed by atoms with van der Waals surface area (Å²) in [5, 5.41) is 11.4. The van der Waals surface area contributed by atoms with Crippen molar-refractivity contribution in [3.8, 4) is 5.75 Å². The lowest BCUT2D eigenvalue weighted by atomic mass is 10.2. The average molecular weight is 330 g/mol. The lowest BCUT2D eigenvalue weighted by Gasteiger charge is -2.10. The molecule has 7 nitrogen and oxygen atoms in total. The summed E-state index contributed by atoms with van der Waals surface area (Å²) in [5.74, 6) is 0.234. The maximum Gasteiger partial charge on any atom is 0.341 e. The summed E-state index contributed by atoms with van der Waals surface area (Å²) in [6.45, 7) is 3.14. The second-order valence-electron chi connectivity index (χ2n) is 5.85. The second kappa shape index (κ2) is 6.35. The Hall–Kier alpha value is -2.83. The molecule has 0 bridgehead atoms. The number of carboxylic acid groups (broad SMARTS) is 1. The summed E-state index contributed by atoms with van der Waals surface area (Å²) >= 11 is 0. The third-order valence-corrected chi connectivity index (χ3v) is 3.75. The van der Waals surface area contributed by atoms with Crippen molar-refractivity contribution in [3.05, 3.63) is 41.1 Å². The van der Waals surface area contributed by atoms with Crippen LogP contribution in [0.1, 0.15) is 46.5 Å². The Balaban J connectivity index is 1.71. The van der Waals surface area contributed by atoms with Crippen LogP contribution in [0.25, 0.3) is 0 Å². The summed E-state index contributed by atoms with van der Waals surface area (Å²) in [5.41, 5.74) is 1.94. The number of benzene rings is 1. The summed E-state index contributed by atoms with van der Waals surface area (Å²) in [6, 6.07) is 4.94. The number of aryl methyl sites for hydroxylation is 2. The second-order valence-corrected chi connectivity index (χ2v) is 5.85. The number of hydrogen-bond donors (Lipinski definition) is 2. The molecule has 1 aromatic carbocycles. The quantitative estimate of drug-likeness (QED) is 0.844. The Kier molecular flexibility index (Phi) is 4.24. The summed E-state index contributed by atoms with van der Waals surface area (Å²) < 4.78 is 10.7. The fourth-order valence-electron chi connectivity index (χ4n) is 2.32. The first-order valence-electron chi connectivity index (χ1n) is 7.68. The van der Waals surface area contributed by atoms with E-state index < -0.39 is 12.6 Å². The van der Waals surface area contributed by atoms with Gasteiger partial charge in [-0.3, -0.25) is 4.79 Å². The minimum atomic E-state index is -1.04. The highest BCUT2D eigenvalue weighted by atomic mass is 16.5. The maximum atomic E-state index is 12.4. The maximum absolute atomic E-state index is 12.4. The van der Waals surface area contributed by atoms with Gasteiger partial charge in [-0.05, 0) is 50.5 Å². The molecule has 7 heteroatoms. The highest BCUT2D eigenvalue weighted by Crippen LogP contribution is 2.40. The van der Waals surface area contributed by atoms with Gasteiger partial charge < -0.3 is 19.6 Å². The van der Waals surface area contributed by atoms with Gasteiger partial charge in [-0.15, -0.1) is 0 Å². The minimum absolute atomic E-state index is 0.225. The molecule has 2 aromatic rings. The Labute approximate surface area is 138 Å². The van der Waals surface area contributed by atoms with Crippen LogP contribution in [-0.4, -0.2) is 28.6 Å². The third-order valence-electron chi connectivity index (χ3n) is 3.75. The van der Waals surface area contributed by atoms with Crippen molar-refractivity contribution in [1.82, 2.24) is 4.98 Å². The van der Waals surface area contributed by atoms with E-state index in [0.29, 0.717) is 28.9 Å². The van der Waals surface area contributed by atoms with Crippen LogP contribution in [0.2, 0.25) is 0 Å². The molecule has 126 valence electrons. The number of oxazole rings is 1. The van der Waals surface area contributed by atoms with Gasteiger partial charge in [-0.25, -0.2) is 9.78 Å². The van der Waals surface area contributed by atoms with Crippen LogP contribution in [0.5, 0.6) is 5.75 Å². The zero-order valence-corrected chi connectivity index (χ0v) is 13.5. The first-order chi connectivity index (χ1) is 11.4. The molecule has 1 amide bonds. The van der Waals surface area contributed by atoms with E-state index in [-0.39, 0.29) is 11.7 Å². The third kappa shape index (κ3) is 3.56. The van der Waals surface area contributed by atoms with Crippen LogP contribution in [0.4, 0.5) is 5.69 Å². The first kappa shape index (κ1) is 16.0. The van der Waals surface area contributed by atoms with Crippen molar-refractivity contribution in [1.29, 1.82) is 0 Å². The zero-order valence-electron chi connectivity index (χ0n) is 13.5. The molecule has 3 rings (SSSR count). The van der Waals surface area contributed by atoms with E-state index in [4.69, 9.17) is 14.3 Å². The molecule has 0 spiro atoms. The van der Waals surface area contributed by atoms with Crippen molar-refractivity contribution in [2.24, 2.45) is 0 Å². The molecule has 1 heterocycles.